The Morgan fingerprint density at radius 2 is 2.02 bits per heavy atom. The van der Waals surface area contributed by atoms with Crippen molar-refractivity contribution < 1.29 is 28.2 Å². The van der Waals surface area contributed by atoms with E-state index in [1.807, 2.05) is 19.1 Å². The Balaban J connectivity index is 1.43. The number of fused-ring (bicyclic) bond motifs is 4. The number of rotatable bonds is 3. The smallest absolute Gasteiger partial charge is 0.264 e. The van der Waals surface area contributed by atoms with E-state index in [9.17, 15) is 18.3 Å². The molecule has 4 aliphatic rings. The summed E-state index contributed by atoms with van der Waals surface area (Å²) < 4.78 is 35.6. The Morgan fingerprint density at radius 1 is 1.19 bits per heavy atom. The van der Waals surface area contributed by atoms with Gasteiger partial charge >= 0.3 is 0 Å². The van der Waals surface area contributed by atoms with Gasteiger partial charge in [-0.25, -0.2) is 13.1 Å². The number of allylic oxidation sites excluding steroid dienone is 1. The molecule has 1 amide bonds. The summed E-state index contributed by atoms with van der Waals surface area (Å²) in [6.45, 7) is 5.83. The van der Waals surface area contributed by atoms with Crippen LogP contribution in [0.1, 0.15) is 67.4 Å². The number of anilines is 1. The fourth-order valence-corrected chi connectivity index (χ4v) is 9.30. The molecule has 11 heteroatoms. The van der Waals surface area contributed by atoms with Crippen LogP contribution in [0.15, 0.2) is 48.6 Å². The van der Waals surface area contributed by atoms with Gasteiger partial charge in [-0.1, -0.05) is 42.5 Å². The van der Waals surface area contributed by atoms with Crippen molar-refractivity contribution in [1.82, 2.24) is 10.0 Å². The number of hydrogen-bond acceptors (Lipinski definition) is 8. The normalized spacial score (nSPS) is 31.9. The molecule has 2 aliphatic carbocycles. The number of carbonyl (C=O) groups excluding carboxylic acids is 1. The predicted octanol–water partition coefficient (Wildman–Crippen LogP) is 4.20. The van der Waals surface area contributed by atoms with Gasteiger partial charge in [0.25, 0.3) is 5.91 Å². The van der Waals surface area contributed by atoms with Crippen LogP contribution in [0.25, 0.3) is 0 Å². The molecule has 0 aromatic heterocycles. The molecule has 4 N–H and O–H groups in total. The van der Waals surface area contributed by atoms with E-state index >= 15 is 0 Å². The minimum absolute atomic E-state index is 0.00225. The summed E-state index contributed by atoms with van der Waals surface area (Å²) in [5, 5.41) is 24.2. The highest BCUT2D eigenvalue weighted by Crippen LogP contribution is 2.48. The second-order valence-electron chi connectivity index (χ2n) is 14.1. The number of amides is 1. The number of benzene rings is 2. The maximum Gasteiger partial charge on any atom is 0.264 e. The molecule has 2 aromatic carbocycles. The number of nitrogens with one attached hydrogen (secondary N) is 2. The molecule has 1 saturated carbocycles. The summed E-state index contributed by atoms with van der Waals surface area (Å²) in [7, 11) is -4.01. The zero-order chi connectivity index (χ0) is 34.1. The molecule has 6 atom stereocenters. The van der Waals surface area contributed by atoms with Gasteiger partial charge in [-0.3, -0.25) is 4.79 Å². The highest BCUT2D eigenvalue weighted by Gasteiger charge is 2.47. The molecule has 2 heterocycles. The monoisotopic (exact) mass is 695 g/mol. The molecule has 2 aliphatic heterocycles. The van der Waals surface area contributed by atoms with Crippen molar-refractivity contribution in [3.63, 3.8) is 0 Å². The minimum atomic E-state index is -4.01. The maximum atomic E-state index is 13.5. The van der Waals surface area contributed by atoms with Crippen LogP contribution in [0.4, 0.5) is 5.69 Å². The van der Waals surface area contributed by atoms with E-state index in [0.717, 1.165) is 37.8 Å². The third-order valence-electron chi connectivity index (χ3n) is 10.9. The molecule has 6 rings (SSSR count). The van der Waals surface area contributed by atoms with E-state index in [4.69, 9.17) is 21.4 Å². The molecule has 1 spiro atoms. The molecular formula is C37H46ClN3O6S. The predicted molar refractivity (Wildman–Crippen MR) is 188 cm³/mol. The van der Waals surface area contributed by atoms with Crippen LogP contribution < -0.4 is 19.7 Å². The molecule has 2 aromatic rings. The number of aliphatic hydroxyl groups is 2. The van der Waals surface area contributed by atoms with Crippen LogP contribution >= 0.6 is 11.6 Å². The fraction of sp³-hybridized carbons (Fsp3) is 0.541. The zero-order valence-corrected chi connectivity index (χ0v) is 29.2. The number of halogens is 1. The molecule has 0 radical (unpaired) electrons. The first-order valence-corrected chi connectivity index (χ1v) is 19.0. The summed E-state index contributed by atoms with van der Waals surface area (Å²) in [5.41, 5.74) is 1.66. The SMILES string of the molecule is C[C@@H]1[C@@H](C)C/C=C/[C@@](O)(C#CCNCCO)[C@@H]2CC[C@H]2CN2C[C@@]3(CCCc4cc(Cl)ccc43)COc3ccc(cc32)C(=O)NS1(=O)=O. The number of aliphatic hydroxyl groups excluding tert-OH is 1. The lowest BCUT2D eigenvalue weighted by Gasteiger charge is -2.47. The number of carbonyl (C=O) groups is 1. The molecular weight excluding hydrogens is 650 g/mol. The van der Waals surface area contributed by atoms with Crippen molar-refractivity contribution in [3.05, 3.63) is 70.3 Å². The first kappa shape index (κ1) is 34.8. The summed E-state index contributed by atoms with van der Waals surface area (Å²) in [6, 6.07) is 11.3. The first-order valence-electron chi connectivity index (χ1n) is 17.0. The lowest BCUT2D eigenvalue weighted by Crippen LogP contribution is -2.52. The van der Waals surface area contributed by atoms with Crippen LogP contribution in [0.3, 0.4) is 0 Å². The Hall–Kier alpha value is -3.07. The summed E-state index contributed by atoms with van der Waals surface area (Å²) in [4.78, 5) is 15.8. The molecule has 48 heavy (non-hydrogen) atoms. The van der Waals surface area contributed by atoms with Gasteiger partial charge in [0.2, 0.25) is 10.0 Å². The lowest BCUT2D eigenvalue weighted by molar-refractivity contribution is -0.00324. The number of ether oxygens (including phenoxy) is 1. The van der Waals surface area contributed by atoms with E-state index in [0.29, 0.717) is 50.0 Å². The highest BCUT2D eigenvalue weighted by molar-refractivity contribution is 7.90. The topological polar surface area (TPSA) is 128 Å². The Morgan fingerprint density at radius 3 is 2.79 bits per heavy atom. The van der Waals surface area contributed by atoms with Crippen molar-refractivity contribution in [2.45, 2.75) is 68.6 Å². The van der Waals surface area contributed by atoms with Crippen molar-refractivity contribution in [2.75, 3.05) is 44.3 Å². The third-order valence-corrected chi connectivity index (χ3v) is 13.1. The summed E-state index contributed by atoms with van der Waals surface area (Å²) in [6.07, 6.45) is 8.49. The molecule has 0 unspecified atom stereocenters. The summed E-state index contributed by atoms with van der Waals surface area (Å²) >= 11 is 6.43. The average Bonchev–Trinajstić information content (AvgIpc) is 3.18. The molecule has 0 saturated heterocycles. The van der Waals surface area contributed by atoms with Gasteiger partial charge < -0.3 is 25.2 Å². The number of nitrogens with zero attached hydrogens (tertiary/aromatic N) is 1. The van der Waals surface area contributed by atoms with Gasteiger partial charge in [0, 0.05) is 41.6 Å². The van der Waals surface area contributed by atoms with E-state index in [1.165, 1.54) is 11.1 Å². The second-order valence-corrected chi connectivity index (χ2v) is 16.5. The average molecular weight is 696 g/mol. The van der Waals surface area contributed by atoms with Crippen LogP contribution in [0.2, 0.25) is 5.02 Å². The van der Waals surface area contributed by atoms with E-state index in [1.54, 1.807) is 31.2 Å². The van der Waals surface area contributed by atoms with Gasteiger partial charge in [0.1, 0.15) is 11.4 Å². The Labute approximate surface area is 289 Å². The van der Waals surface area contributed by atoms with Crippen LogP contribution in [-0.2, 0) is 21.9 Å². The van der Waals surface area contributed by atoms with Crippen LogP contribution in [-0.4, -0.2) is 74.8 Å². The molecule has 258 valence electrons. The number of sulfonamides is 1. The van der Waals surface area contributed by atoms with Crippen LogP contribution in [0.5, 0.6) is 5.75 Å². The van der Waals surface area contributed by atoms with Gasteiger partial charge in [0.15, 0.2) is 0 Å². The fourth-order valence-electron chi connectivity index (χ4n) is 7.82. The molecule has 2 bridgehead atoms. The largest absolute Gasteiger partial charge is 0.490 e. The van der Waals surface area contributed by atoms with Gasteiger partial charge in [0.05, 0.1) is 30.7 Å². The van der Waals surface area contributed by atoms with Crippen molar-refractivity contribution in [1.29, 1.82) is 0 Å². The van der Waals surface area contributed by atoms with Crippen molar-refractivity contribution >= 4 is 33.2 Å². The third kappa shape index (κ3) is 6.99. The van der Waals surface area contributed by atoms with E-state index < -0.39 is 26.8 Å². The minimum Gasteiger partial charge on any atom is -0.490 e. The van der Waals surface area contributed by atoms with E-state index in [2.05, 4.69) is 38.9 Å². The maximum absolute atomic E-state index is 13.5. The standard InChI is InChI=1S/C37H46ClN3O6S/c1-25-6-3-15-37(44,16-5-17-39-18-19-42)32-11-8-29(32)22-41-23-36(14-4-7-27-20-30(38)10-12-31(27)36)24-47-34-13-9-28(21-33(34)41)35(43)40-48(45,46)26(25)2/h3,9-10,12-13,15,20-21,25-26,29,32,39,42,44H,4,6-8,11,14,17-19,22-24H2,1-2H3,(H,40,43)/b15-3+/t25-,26+,29-,32+,36-,37+/m0/s1. The second kappa shape index (κ2) is 14.0. The summed E-state index contributed by atoms with van der Waals surface area (Å²) in [5.74, 6) is 5.77. The van der Waals surface area contributed by atoms with Gasteiger partial charge in [-0.2, -0.15) is 0 Å². The number of aryl methyl sites for hydroxylation is 1. The number of hydrogen-bond donors (Lipinski definition) is 4. The van der Waals surface area contributed by atoms with Gasteiger partial charge in [-0.15, -0.1) is 0 Å². The Kier molecular flexibility index (Phi) is 10.2. The highest BCUT2D eigenvalue weighted by atomic mass is 35.5. The quantitative estimate of drug-likeness (QED) is 0.214. The van der Waals surface area contributed by atoms with Crippen molar-refractivity contribution in [3.8, 4) is 17.6 Å². The van der Waals surface area contributed by atoms with Gasteiger partial charge in [-0.05, 0) is 105 Å². The lowest BCUT2D eigenvalue weighted by atomic mass is 9.64. The van der Waals surface area contributed by atoms with Crippen molar-refractivity contribution in [2.24, 2.45) is 17.8 Å². The molecule has 9 nitrogen and oxygen atoms in total. The first-order chi connectivity index (χ1) is 22.9. The zero-order valence-electron chi connectivity index (χ0n) is 27.7. The van der Waals surface area contributed by atoms with Crippen LogP contribution in [0, 0.1) is 29.6 Å². The van der Waals surface area contributed by atoms with E-state index in [-0.39, 0.29) is 35.3 Å². The molecule has 1 fully saturated rings. The Bertz CT molecular complexity index is 1740.